The third kappa shape index (κ3) is 5.49. The molecule has 0 aromatic heterocycles. The average Bonchev–Trinajstić information content (AvgIpc) is 2.34. The Bertz CT molecular complexity index is 451. The lowest BCUT2D eigenvalue weighted by molar-refractivity contribution is 0.0934. The molecule has 0 radical (unpaired) electrons. The molecule has 1 aromatic rings. The summed E-state index contributed by atoms with van der Waals surface area (Å²) in [4.78, 5) is 12.0. The van der Waals surface area contributed by atoms with Crippen molar-refractivity contribution in [3.8, 4) is 0 Å². The highest BCUT2D eigenvalue weighted by Gasteiger charge is 2.19. The molecule has 0 saturated carbocycles. The molecule has 1 rings (SSSR count). The molecule has 0 aliphatic rings. The largest absolute Gasteiger partial charge is 0.351 e. The summed E-state index contributed by atoms with van der Waals surface area (Å²) >= 11 is 9.25. The van der Waals surface area contributed by atoms with Crippen LogP contribution in [0.2, 0.25) is 5.02 Å². The Morgan fingerprint density at radius 3 is 2.74 bits per heavy atom. The first-order valence-corrected chi connectivity index (χ1v) is 7.65. The number of carbonyl (C=O) groups excluding carboxylic acids is 1. The number of carbonyl (C=O) groups is 1. The topological polar surface area (TPSA) is 29.1 Å². The third-order valence-corrected chi connectivity index (χ3v) is 3.76. The molecular weight excluding hydrogens is 333 g/mol. The van der Waals surface area contributed by atoms with E-state index in [0.29, 0.717) is 12.1 Å². The second-order valence-electron chi connectivity index (χ2n) is 5.26. The fraction of sp³-hybridized carbons (Fsp3) is 0.500. The molecule has 106 valence electrons. The van der Waals surface area contributed by atoms with Crippen molar-refractivity contribution in [1.29, 1.82) is 0 Å². The Labute approximate surface area is 126 Å². The molecule has 19 heavy (non-hydrogen) atoms. The van der Waals surface area contributed by atoms with Crippen LogP contribution in [-0.4, -0.2) is 17.8 Å². The van der Waals surface area contributed by atoms with E-state index in [0.717, 1.165) is 24.2 Å². The van der Waals surface area contributed by atoms with Gasteiger partial charge in [-0.05, 0) is 36.5 Å². The highest BCUT2D eigenvalue weighted by atomic mass is 79.9. The SMILES string of the molecule is CC(C)(CCCBr)CNC(=O)c1ccc(F)cc1Cl. The van der Waals surface area contributed by atoms with Crippen molar-refractivity contribution in [3.05, 3.63) is 34.6 Å². The van der Waals surface area contributed by atoms with Crippen molar-refractivity contribution in [3.63, 3.8) is 0 Å². The van der Waals surface area contributed by atoms with Crippen LogP contribution in [-0.2, 0) is 0 Å². The molecule has 0 spiro atoms. The maximum Gasteiger partial charge on any atom is 0.252 e. The van der Waals surface area contributed by atoms with Crippen molar-refractivity contribution >= 4 is 33.4 Å². The van der Waals surface area contributed by atoms with Crippen LogP contribution in [0.4, 0.5) is 4.39 Å². The molecule has 0 bridgehead atoms. The number of amides is 1. The summed E-state index contributed by atoms with van der Waals surface area (Å²) in [5, 5.41) is 3.93. The number of hydrogen-bond donors (Lipinski definition) is 1. The minimum atomic E-state index is -0.445. The zero-order chi connectivity index (χ0) is 14.5. The van der Waals surface area contributed by atoms with Crippen LogP contribution in [0.25, 0.3) is 0 Å². The predicted molar refractivity (Wildman–Crippen MR) is 80.6 cm³/mol. The van der Waals surface area contributed by atoms with Crippen LogP contribution in [0.5, 0.6) is 0 Å². The number of halogens is 3. The molecule has 0 fully saturated rings. The average molecular weight is 351 g/mol. The third-order valence-electron chi connectivity index (χ3n) is 2.89. The van der Waals surface area contributed by atoms with Gasteiger partial charge in [-0.2, -0.15) is 0 Å². The van der Waals surface area contributed by atoms with Gasteiger partial charge in [0, 0.05) is 11.9 Å². The van der Waals surface area contributed by atoms with E-state index in [1.807, 2.05) is 0 Å². The van der Waals surface area contributed by atoms with E-state index in [4.69, 9.17) is 11.6 Å². The number of nitrogens with one attached hydrogen (secondary N) is 1. The summed E-state index contributed by atoms with van der Waals surface area (Å²) in [5.41, 5.74) is 0.329. The molecule has 1 N–H and O–H groups in total. The number of alkyl halides is 1. The van der Waals surface area contributed by atoms with Crippen LogP contribution < -0.4 is 5.32 Å². The summed E-state index contributed by atoms with van der Waals surface area (Å²) in [6, 6.07) is 3.78. The smallest absolute Gasteiger partial charge is 0.252 e. The lowest BCUT2D eigenvalue weighted by Gasteiger charge is -2.24. The minimum absolute atomic E-state index is 0.0237. The Balaban J connectivity index is 2.60. The second kappa shape index (κ2) is 7.25. The van der Waals surface area contributed by atoms with Gasteiger partial charge in [0.1, 0.15) is 5.82 Å². The molecule has 0 atom stereocenters. The van der Waals surface area contributed by atoms with Crippen molar-refractivity contribution in [2.24, 2.45) is 5.41 Å². The van der Waals surface area contributed by atoms with E-state index in [2.05, 4.69) is 35.1 Å². The summed E-state index contributed by atoms with van der Waals surface area (Å²) in [6.45, 7) is 4.76. The van der Waals surface area contributed by atoms with Crippen LogP contribution >= 0.6 is 27.5 Å². The Kier molecular flexibility index (Phi) is 6.27. The lowest BCUT2D eigenvalue weighted by Crippen LogP contribution is -2.34. The van der Waals surface area contributed by atoms with Gasteiger partial charge in [-0.3, -0.25) is 4.79 Å². The normalized spacial score (nSPS) is 11.4. The zero-order valence-corrected chi connectivity index (χ0v) is 13.4. The van der Waals surface area contributed by atoms with E-state index >= 15 is 0 Å². The number of rotatable bonds is 6. The summed E-state index contributed by atoms with van der Waals surface area (Å²) < 4.78 is 12.9. The zero-order valence-electron chi connectivity index (χ0n) is 11.1. The van der Waals surface area contributed by atoms with E-state index in [-0.39, 0.29) is 16.3 Å². The Morgan fingerprint density at radius 1 is 1.47 bits per heavy atom. The first-order chi connectivity index (χ1) is 8.85. The molecule has 5 heteroatoms. The van der Waals surface area contributed by atoms with Gasteiger partial charge in [-0.25, -0.2) is 4.39 Å². The summed E-state index contributed by atoms with van der Waals surface area (Å²) in [6.07, 6.45) is 2.07. The quantitative estimate of drug-likeness (QED) is 0.757. The van der Waals surface area contributed by atoms with Gasteiger partial charge in [0.2, 0.25) is 0 Å². The standard InChI is InChI=1S/C14H18BrClFNO/c1-14(2,6-3-7-15)9-18-13(19)11-5-4-10(17)8-12(11)16/h4-5,8H,3,6-7,9H2,1-2H3,(H,18,19). The first-order valence-electron chi connectivity index (χ1n) is 6.15. The second-order valence-corrected chi connectivity index (χ2v) is 6.46. The highest BCUT2D eigenvalue weighted by molar-refractivity contribution is 9.09. The molecule has 2 nitrogen and oxygen atoms in total. The molecule has 0 saturated heterocycles. The van der Waals surface area contributed by atoms with Gasteiger partial charge in [0.05, 0.1) is 10.6 Å². The van der Waals surface area contributed by atoms with Gasteiger partial charge in [-0.15, -0.1) is 0 Å². The molecule has 0 heterocycles. The van der Waals surface area contributed by atoms with Crippen molar-refractivity contribution in [1.82, 2.24) is 5.32 Å². The van der Waals surface area contributed by atoms with Crippen molar-refractivity contribution < 1.29 is 9.18 Å². The van der Waals surface area contributed by atoms with E-state index in [1.54, 1.807) is 0 Å². The van der Waals surface area contributed by atoms with Gasteiger partial charge in [0.15, 0.2) is 0 Å². The minimum Gasteiger partial charge on any atom is -0.351 e. The fourth-order valence-corrected chi connectivity index (χ4v) is 2.26. The van der Waals surface area contributed by atoms with Crippen molar-refractivity contribution in [2.45, 2.75) is 26.7 Å². The van der Waals surface area contributed by atoms with Crippen LogP contribution in [0.15, 0.2) is 18.2 Å². The van der Waals surface area contributed by atoms with E-state index < -0.39 is 5.82 Å². The van der Waals surface area contributed by atoms with Crippen molar-refractivity contribution in [2.75, 3.05) is 11.9 Å². The molecular formula is C14H18BrClFNO. The summed E-state index contributed by atoms with van der Waals surface area (Å²) in [7, 11) is 0. The predicted octanol–water partition coefficient (Wildman–Crippen LogP) is 4.41. The number of hydrogen-bond acceptors (Lipinski definition) is 1. The van der Waals surface area contributed by atoms with Crippen LogP contribution in [0.3, 0.4) is 0 Å². The van der Waals surface area contributed by atoms with Gasteiger partial charge < -0.3 is 5.32 Å². The van der Waals surface area contributed by atoms with E-state index in [9.17, 15) is 9.18 Å². The Hall–Kier alpha value is -0.610. The fourth-order valence-electron chi connectivity index (χ4n) is 1.72. The van der Waals surface area contributed by atoms with Gasteiger partial charge in [-0.1, -0.05) is 41.4 Å². The van der Waals surface area contributed by atoms with Gasteiger partial charge >= 0.3 is 0 Å². The van der Waals surface area contributed by atoms with Crippen LogP contribution in [0, 0.1) is 11.2 Å². The number of benzene rings is 1. The molecule has 0 aliphatic carbocycles. The van der Waals surface area contributed by atoms with Crippen LogP contribution in [0.1, 0.15) is 37.0 Å². The highest BCUT2D eigenvalue weighted by Crippen LogP contribution is 2.22. The molecule has 0 aliphatic heterocycles. The monoisotopic (exact) mass is 349 g/mol. The van der Waals surface area contributed by atoms with E-state index in [1.165, 1.54) is 12.1 Å². The van der Waals surface area contributed by atoms with Gasteiger partial charge in [0.25, 0.3) is 5.91 Å². The Morgan fingerprint density at radius 2 is 2.16 bits per heavy atom. The summed E-state index contributed by atoms with van der Waals surface area (Å²) in [5.74, 6) is -0.712. The molecule has 0 unspecified atom stereocenters. The maximum absolute atomic E-state index is 12.9. The first kappa shape index (κ1) is 16.4. The molecule has 1 aromatic carbocycles. The molecule has 1 amide bonds. The maximum atomic E-state index is 12.9. The lowest BCUT2D eigenvalue weighted by atomic mass is 9.88.